The standard InChI is InChI=1S/C16H23N5O2/c1-3-8-21(10-14-19-16(9-17)23-20-14)11-15(22)18-13-7-5-4-6-12(13)2/h4-7H,3,8-11,17H2,1-2H3,(H,18,22). The molecular weight excluding hydrogens is 294 g/mol. The van der Waals surface area contributed by atoms with Gasteiger partial charge in [0.05, 0.1) is 19.6 Å². The van der Waals surface area contributed by atoms with Crippen LogP contribution < -0.4 is 11.1 Å². The molecule has 3 N–H and O–H groups in total. The van der Waals surface area contributed by atoms with Gasteiger partial charge in [-0.2, -0.15) is 4.98 Å². The van der Waals surface area contributed by atoms with Crippen LogP contribution in [0.4, 0.5) is 5.69 Å². The van der Waals surface area contributed by atoms with Gasteiger partial charge in [0.2, 0.25) is 11.8 Å². The Morgan fingerprint density at radius 3 is 2.83 bits per heavy atom. The van der Waals surface area contributed by atoms with Gasteiger partial charge < -0.3 is 15.6 Å². The SMILES string of the molecule is CCCN(CC(=O)Nc1ccccc1C)Cc1noc(CN)n1. The van der Waals surface area contributed by atoms with Gasteiger partial charge in [0, 0.05) is 5.69 Å². The lowest BCUT2D eigenvalue weighted by atomic mass is 10.2. The molecule has 1 amide bonds. The highest BCUT2D eigenvalue weighted by molar-refractivity contribution is 5.92. The second-order valence-corrected chi connectivity index (χ2v) is 5.38. The second kappa shape index (κ2) is 8.40. The van der Waals surface area contributed by atoms with E-state index in [1.165, 1.54) is 0 Å². The monoisotopic (exact) mass is 317 g/mol. The maximum atomic E-state index is 12.3. The van der Waals surface area contributed by atoms with Crippen LogP contribution in [0.25, 0.3) is 0 Å². The molecule has 0 spiro atoms. The van der Waals surface area contributed by atoms with Crippen molar-refractivity contribution in [3.63, 3.8) is 0 Å². The Balaban J connectivity index is 1.95. The van der Waals surface area contributed by atoms with E-state index >= 15 is 0 Å². The molecule has 7 heteroatoms. The number of hydrogen-bond donors (Lipinski definition) is 2. The quantitative estimate of drug-likeness (QED) is 0.769. The van der Waals surface area contributed by atoms with E-state index in [0.29, 0.717) is 18.3 Å². The molecule has 0 bridgehead atoms. The van der Waals surface area contributed by atoms with Gasteiger partial charge in [0.15, 0.2) is 5.82 Å². The Bertz CT molecular complexity index is 641. The van der Waals surface area contributed by atoms with Gasteiger partial charge in [-0.15, -0.1) is 0 Å². The van der Waals surface area contributed by atoms with E-state index in [1.54, 1.807) is 0 Å². The fourth-order valence-electron chi connectivity index (χ4n) is 2.27. The second-order valence-electron chi connectivity index (χ2n) is 5.38. The maximum absolute atomic E-state index is 12.3. The van der Waals surface area contributed by atoms with Crippen molar-refractivity contribution in [1.82, 2.24) is 15.0 Å². The normalized spacial score (nSPS) is 11.0. The van der Waals surface area contributed by atoms with Gasteiger partial charge in [0.1, 0.15) is 0 Å². The van der Waals surface area contributed by atoms with E-state index < -0.39 is 0 Å². The number of nitrogens with zero attached hydrogens (tertiary/aromatic N) is 3. The van der Waals surface area contributed by atoms with Crippen LogP contribution in [0.2, 0.25) is 0 Å². The Morgan fingerprint density at radius 2 is 2.17 bits per heavy atom. The van der Waals surface area contributed by atoms with Crippen LogP contribution in [-0.4, -0.2) is 34.0 Å². The van der Waals surface area contributed by atoms with Crippen molar-refractivity contribution >= 4 is 11.6 Å². The minimum Gasteiger partial charge on any atom is -0.338 e. The van der Waals surface area contributed by atoms with Crippen LogP contribution in [0.3, 0.4) is 0 Å². The third-order valence-electron chi connectivity index (χ3n) is 3.38. The summed E-state index contributed by atoms with van der Waals surface area (Å²) in [5.41, 5.74) is 7.33. The number of anilines is 1. The molecule has 0 saturated heterocycles. The molecule has 2 aromatic rings. The van der Waals surface area contributed by atoms with Crippen LogP contribution in [0, 0.1) is 6.92 Å². The van der Waals surface area contributed by atoms with E-state index in [-0.39, 0.29) is 19.0 Å². The van der Waals surface area contributed by atoms with E-state index in [4.69, 9.17) is 10.3 Å². The van der Waals surface area contributed by atoms with Crippen molar-refractivity contribution in [2.75, 3.05) is 18.4 Å². The predicted molar refractivity (Wildman–Crippen MR) is 87.6 cm³/mol. The number of aryl methyl sites for hydroxylation is 1. The largest absolute Gasteiger partial charge is 0.338 e. The molecule has 23 heavy (non-hydrogen) atoms. The third-order valence-corrected chi connectivity index (χ3v) is 3.38. The number of para-hydroxylation sites is 1. The van der Waals surface area contributed by atoms with Gasteiger partial charge in [-0.05, 0) is 31.5 Å². The van der Waals surface area contributed by atoms with Gasteiger partial charge in [-0.3, -0.25) is 9.69 Å². The molecule has 0 fully saturated rings. The first-order valence-electron chi connectivity index (χ1n) is 7.71. The van der Waals surface area contributed by atoms with E-state index in [2.05, 4.69) is 22.4 Å². The van der Waals surface area contributed by atoms with Crippen molar-refractivity contribution in [2.45, 2.75) is 33.4 Å². The molecule has 0 atom stereocenters. The topological polar surface area (TPSA) is 97.3 Å². The minimum atomic E-state index is -0.0599. The Morgan fingerprint density at radius 1 is 1.39 bits per heavy atom. The average Bonchev–Trinajstić information content (AvgIpc) is 2.97. The molecule has 2 rings (SSSR count). The summed E-state index contributed by atoms with van der Waals surface area (Å²) in [7, 11) is 0. The number of nitrogens with one attached hydrogen (secondary N) is 1. The molecule has 0 unspecified atom stereocenters. The third kappa shape index (κ3) is 5.15. The number of carbonyl (C=O) groups is 1. The Kier molecular flexibility index (Phi) is 6.25. The Labute approximate surface area is 135 Å². The zero-order valence-electron chi connectivity index (χ0n) is 13.6. The maximum Gasteiger partial charge on any atom is 0.240 e. The summed E-state index contributed by atoms with van der Waals surface area (Å²) in [5, 5.41) is 6.81. The van der Waals surface area contributed by atoms with E-state index in [9.17, 15) is 4.79 Å². The molecule has 1 heterocycles. The summed E-state index contributed by atoms with van der Waals surface area (Å²) in [6.45, 7) is 5.75. The first-order valence-corrected chi connectivity index (χ1v) is 7.71. The number of amides is 1. The van der Waals surface area contributed by atoms with Gasteiger partial charge in [-0.25, -0.2) is 0 Å². The zero-order valence-corrected chi connectivity index (χ0v) is 13.6. The highest BCUT2D eigenvalue weighted by Crippen LogP contribution is 2.13. The van der Waals surface area contributed by atoms with Gasteiger partial charge in [-0.1, -0.05) is 30.3 Å². The lowest BCUT2D eigenvalue weighted by molar-refractivity contribution is -0.117. The van der Waals surface area contributed by atoms with Crippen LogP contribution in [0.15, 0.2) is 28.8 Å². The van der Waals surface area contributed by atoms with Crippen LogP contribution in [0.5, 0.6) is 0 Å². The summed E-state index contributed by atoms with van der Waals surface area (Å²) in [6.07, 6.45) is 0.930. The van der Waals surface area contributed by atoms with Crippen molar-refractivity contribution in [3.8, 4) is 0 Å². The number of rotatable bonds is 8. The summed E-state index contributed by atoms with van der Waals surface area (Å²) in [5.74, 6) is 0.888. The number of aromatic nitrogens is 2. The minimum absolute atomic E-state index is 0.0599. The number of benzene rings is 1. The lowest BCUT2D eigenvalue weighted by Gasteiger charge is -2.19. The van der Waals surface area contributed by atoms with Crippen molar-refractivity contribution in [3.05, 3.63) is 41.5 Å². The van der Waals surface area contributed by atoms with E-state index in [1.807, 2.05) is 36.1 Å². The Hall–Kier alpha value is -2.25. The van der Waals surface area contributed by atoms with Crippen LogP contribution in [-0.2, 0) is 17.9 Å². The average molecular weight is 317 g/mol. The van der Waals surface area contributed by atoms with E-state index in [0.717, 1.165) is 24.2 Å². The molecule has 0 aliphatic rings. The van der Waals surface area contributed by atoms with Crippen molar-refractivity contribution in [1.29, 1.82) is 0 Å². The molecule has 7 nitrogen and oxygen atoms in total. The molecule has 0 aliphatic heterocycles. The summed E-state index contributed by atoms with van der Waals surface area (Å²) in [4.78, 5) is 18.4. The fourth-order valence-corrected chi connectivity index (χ4v) is 2.27. The molecule has 0 aliphatic carbocycles. The number of nitrogens with two attached hydrogens (primary N) is 1. The van der Waals surface area contributed by atoms with Gasteiger partial charge >= 0.3 is 0 Å². The van der Waals surface area contributed by atoms with Crippen molar-refractivity contribution in [2.24, 2.45) is 5.73 Å². The fraction of sp³-hybridized carbons (Fsp3) is 0.438. The smallest absolute Gasteiger partial charge is 0.240 e. The number of carbonyl (C=O) groups excluding carboxylic acids is 1. The highest BCUT2D eigenvalue weighted by atomic mass is 16.5. The highest BCUT2D eigenvalue weighted by Gasteiger charge is 2.14. The van der Waals surface area contributed by atoms with Gasteiger partial charge in [0.25, 0.3) is 0 Å². The zero-order chi connectivity index (χ0) is 16.7. The molecular formula is C16H23N5O2. The first kappa shape index (κ1) is 17.1. The number of hydrogen-bond acceptors (Lipinski definition) is 6. The summed E-state index contributed by atoms with van der Waals surface area (Å²) in [6, 6.07) is 7.71. The molecule has 1 aromatic carbocycles. The predicted octanol–water partition coefficient (Wildman–Crippen LogP) is 1.69. The molecule has 124 valence electrons. The summed E-state index contributed by atoms with van der Waals surface area (Å²) < 4.78 is 5.00. The van der Waals surface area contributed by atoms with Crippen molar-refractivity contribution < 1.29 is 9.32 Å². The van der Waals surface area contributed by atoms with Crippen LogP contribution in [0.1, 0.15) is 30.6 Å². The summed E-state index contributed by atoms with van der Waals surface area (Å²) >= 11 is 0. The molecule has 1 aromatic heterocycles. The first-order chi connectivity index (χ1) is 11.1. The lowest BCUT2D eigenvalue weighted by Crippen LogP contribution is -2.34. The molecule has 0 radical (unpaired) electrons. The molecule has 0 saturated carbocycles. The van der Waals surface area contributed by atoms with Crippen LogP contribution >= 0.6 is 0 Å².